The molecule has 0 aliphatic carbocycles. The lowest BCUT2D eigenvalue weighted by Gasteiger charge is -2.20. The summed E-state index contributed by atoms with van der Waals surface area (Å²) in [5.41, 5.74) is 3.58. The maximum atomic E-state index is 12.5. The molecular formula is C20H25NO2S. The van der Waals surface area contributed by atoms with Crippen molar-refractivity contribution in [3.63, 3.8) is 0 Å². The second kappa shape index (κ2) is 8.25. The zero-order valence-electron chi connectivity index (χ0n) is 14.9. The molecule has 0 aromatic heterocycles. The van der Waals surface area contributed by atoms with Crippen molar-refractivity contribution in [3.05, 3.63) is 59.2 Å². The first-order valence-electron chi connectivity index (χ1n) is 8.09. The van der Waals surface area contributed by atoms with Crippen LogP contribution in [0.1, 0.15) is 36.6 Å². The van der Waals surface area contributed by atoms with E-state index in [9.17, 15) is 4.79 Å². The molecule has 24 heavy (non-hydrogen) atoms. The summed E-state index contributed by atoms with van der Waals surface area (Å²) >= 11 is 1.55. The normalized spacial score (nSPS) is 13.2. The van der Waals surface area contributed by atoms with Gasteiger partial charge in [-0.15, -0.1) is 11.8 Å². The Morgan fingerprint density at radius 1 is 1.08 bits per heavy atom. The summed E-state index contributed by atoms with van der Waals surface area (Å²) in [6, 6.07) is 14.1. The van der Waals surface area contributed by atoms with Crippen LogP contribution >= 0.6 is 11.8 Å². The first-order chi connectivity index (χ1) is 11.4. The Hall–Kier alpha value is -1.94. The summed E-state index contributed by atoms with van der Waals surface area (Å²) in [6.45, 7) is 8.11. The Morgan fingerprint density at radius 2 is 1.75 bits per heavy atom. The van der Waals surface area contributed by atoms with Crippen LogP contribution in [0.25, 0.3) is 0 Å². The molecule has 2 aromatic carbocycles. The highest BCUT2D eigenvalue weighted by atomic mass is 32.2. The van der Waals surface area contributed by atoms with Crippen molar-refractivity contribution >= 4 is 17.7 Å². The molecule has 4 heteroatoms. The van der Waals surface area contributed by atoms with Crippen molar-refractivity contribution in [1.82, 2.24) is 5.32 Å². The maximum Gasteiger partial charge on any atom is 0.233 e. The van der Waals surface area contributed by atoms with E-state index in [-0.39, 0.29) is 17.2 Å². The number of nitrogens with one attached hydrogen (secondary N) is 1. The van der Waals surface area contributed by atoms with Crippen LogP contribution in [-0.4, -0.2) is 18.3 Å². The average Bonchev–Trinajstić information content (AvgIpc) is 2.57. The van der Waals surface area contributed by atoms with Crippen LogP contribution in [0, 0.1) is 13.8 Å². The topological polar surface area (TPSA) is 38.3 Å². The Bertz CT molecular complexity index is 697. The van der Waals surface area contributed by atoms with Gasteiger partial charge in [0.05, 0.1) is 18.4 Å². The molecule has 1 N–H and O–H groups in total. The maximum absolute atomic E-state index is 12.5. The highest BCUT2D eigenvalue weighted by Gasteiger charge is 2.18. The van der Waals surface area contributed by atoms with Crippen molar-refractivity contribution in [1.29, 1.82) is 0 Å². The number of carbonyl (C=O) groups excluding carboxylic acids is 1. The molecule has 2 rings (SSSR count). The molecule has 128 valence electrons. The molecule has 0 fully saturated rings. The van der Waals surface area contributed by atoms with Gasteiger partial charge >= 0.3 is 0 Å². The zero-order chi connectivity index (χ0) is 17.7. The standard InChI is InChI=1S/C20H25NO2S/c1-13-6-7-14(2)19(12-13)15(3)21-20(22)16(4)24-18-10-8-17(23-5)9-11-18/h6-12,15-16H,1-5H3,(H,21,22)/t15-,16+/m1/s1. The van der Waals surface area contributed by atoms with Crippen LogP contribution in [0.4, 0.5) is 0 Å². The van der Waals surface area contributed by atoms with Gasteiger partial charge in [-0.05, 0) is 63.1 Å². The summed E-state index contributed by atoms with van der Waals surface area (Å²) in [4.78, 5) is 13.5. The zero-order valence-corrected chi connectivity index (χ0v) is 15.7. The van der Waals surface area contributed by atoms with Gasteiger partial charge < -0.3 is 10.1 Å². The highest BCUT2D eigenvalue weighted by Crippen LogP contribution is 2.26. The second-order valence-electron chi connectivity index (χ2n) is 6.03. The predicted octanol–water partition coefficient (Wildman–Crippen LogP) is 4.67. The number of carbonyl (C=O) groups is 1. The van der Waals surface area contributed by atoms with Gasteiger partial charge in [-0.25, -0.2) is 0 Å². The van der Waals surface area contributed by atoms with Gasteiger partial charge in [0.25, 0.3) is 0 Å². The SMILES string of the molecule is COc1ccc(S[C@@H](C)C(=O)N[C@H](C)c2cc(C)ccc2C)cc1. The van der Waals surface area contributed by atoms with Crippen LogP contribution in [0.3, 0.4) is 0 Å². The molecule has 2 atom stereocenters. The van der Waals surface area contributed by atoms with E-state index in [0.717, 1.165) is 10.6 Å². The third kappa shape index (κ3) is 4.78. The first kappa shape index (κ1) is 18.4. The van der Waals surface area contributed by atoms with Gasteiger partial charge in [-0.2, -0.15) is 0 Å². The van der Waals surface area contributed by atoms with Crippen LogP contribution < -0.4 is 10.1 Å². The number of thioether (sulfide) groups is 1. The van der Waals surface area contributed by atoms with Gasteiger partial charge in [0, 0.05) is 4.90 Å². The summed E-state index contributed by atoms with van der Waals surface area (Å²) in [7, 11) is 1.65. The lowest BCUT2D eigenvalue weighted by atomic mass is 10.00. The third-order valence-electron chi connectivity index (χ3n) is 4.00. The summed E-state index contributed by atoms with van der Waals surface area (Å²) in [5, 5.41) is 2.96. The molecule has 0 unspecified atom stereocenters. The fraction of sp³-hybridized carbons (Fsp3) is 0.350. The van der Waals surface area contributed by atoms with Gasteiger partial charge in [-0.3, -0.25) is 4.79 Å². The van der Waals surface area contributed by atoms with E-state index >= 15 is 0 Å². The van der Waals surface area contributed by atoms with Crippen LogP contribution in [0.15, 0.2) is 47.4 Å². The molecule has 1 amide bonds. The van der Waals surface area contributed by atoms with Crippen molar-refractivity contribution in [3.8, 4) is 5.75 Å². The highest BCUT2D eigenvalue weighted by molar-refractivity contribution is 8.00. The number of methoxy groups -OCH3 is 1. The van der Waals surface area contributed by atoms with E-state index in [1.807, 2.05) is 38.1 Å². The van der Waals surface area contributed by atoms with Gasteiger partial charge in [0.1, 0.15) is 5.75 Å². The summed E-state index contributed by atoms with van der Waals surface area (Å²) in [6.07, 6.45) is 0. The lowest BCUT2D eigenvalue weighted by Crippen LogP contribution is -2.33. The molecule has 0 saturated carbocycles. The number of aryl methyl sites for hydroxylation is 2. The molecule has 0 spiro atoms. The molecule has 0 heterocycles. The van der Waals surface area contributed by atoms with E-state index in [2.05, 4.69) is 37.4 Å². The molecule has 0 bridgehead atoms. The van der Waals surface area contributed by atoms with E-state index in [0.29, 0.717) is 0 Å². The average molecular weight is 343 g/mol. The molecule has 0 aliphatic rings. The quantitative estimate of drug-likeness (QED) is 0.775. The van der Waals surface area contributed by atoms with Crippen molar-refractivity contribution in [2.75, 3.05) is 7.11 Å². The minimum absolute atomic E-state index is 0.00341. The third-order valence-corrected chi connectivity index (χ3v) is 5.11. The van der Waals surface area contributed by atoms with Crippen LogP contribution in [-0.2, 0) is 4.79 Å². The van der Waals surface area contributed by atoms with Crippen molar-refractivity contribution < 1.29 is 9.53 Å². The molecule has 2 aromatic rings. The van der Waals surface area contributed by atoms with Gasteiger partial charge in [0.15, 0.2) is 0 Å². The number of amides is 1. The Morgan fingerprint density at radius 3 is 2.38 bits per heavy atom. The largest absolute Gasteiger partial charge is 0.497 e. The smallest absolute Gasteiger partial charge is 0.233 e. The Kier molecular flexibility index (Phi) is 6.32. The van der Waals surface area contributed by atoms with E-state index in [1.54, 1.807) is 18.9 Å². The van der Waals surface area contributed by atoms with E-state index < -0.39 is 0 Å². The number of rotatable bonds is 6. The molecule has 0 saturated heterocycles. The van der Waals surface area contributed by atoms with Crippen molar-refractivity contribution in [2.24, 2.45) is 0 Å². The molecule has 3 nitrogen and oxygen atoms in total. The number of hydrogen-bond donors (Lipinski definition) is 1. The number of ether oxygens (including phenoxy) is 1. The molecule has 0 radical (unpaired) electrons. The second-order valence-corrected chi connectivity index (χ2v) is 7.44. The number of benzene rings is 2. The number of hydrogen-bond acceptors (Lipinski definition) is 3. The van der Waals surface area contributed by atoms with Crippen LogP contribution in [0.2, 0.25) is 0 Å². The summed E-state index contributed by atoms with van der Waals surface area (Å²) < 4.78 is 5.16. The fourth-order valence-electron chi connectivity index (χ4n) is 2.55. The predicted molar refractivity (Wildman–Crippen MR) is 101 cm³/mol. The molecular weight excluding hydrogens is 318 g/mol. The Labute approximate surface area is 148 Å². The monoisotopic (exact) mass is 343 g/mol. The fourth-order valence-corrected chi connectivity index (χ4v) is 3.42. The van der Waals surface area contributed by atoms with Crippen molar-refractivity contribution in [2.45, 2.75) is 43.9 Å². The van der Waals surface area contributed by atoms with E-state index in [4.69, 9.17) is 4.74 Å². The molecule has 0 aliphatic heterocycles. The lowest BCUT2D eigenvalue weighted by molar-refractivity contribution is -0.120. The summed E-state index contributed by atoms with van der Waals surface area (Å²) in [5.74, 6) is 0.865. The minimum Gasteiger partial charge on any atom is -0.497 e. The Balaban J connectivity index is 1.98. The van der Waals surface area contributed by atoms with E-state index in [1.165, 1.54) is 16.7 Å². The first-order valence-corrected chi connectivity index (χ1v) is 8.97. The van der Waals surface area contributed by atoms with Gasteiger partial charge in [-0.1, -0.05) is 23.8 Å². The van der Waals surface area contributed by atoms with Gasteiger partial charge in [0.2, 0.25) is 5.91 Å². The van der Waals surface area contributed by atoms with Crippen LogP contribution in [0.5, 0.6) is 5.75 Å². The minimum atomic E-state index is -0.161.